The highest BCUT2D eigenvalue weighted by molar-refractivity contribution is 5.56. The first-order chi connectivity index (χ1) is 8.81. The Balaban J connectivity index is 1.99. The molecule has 0 saturated heterocycles. The van der Waals surface area contributed by atoms with Crippen LogP contribution in [-0.2, 0) is 0 Å². The van der Waals surface area contributed by atoms with Gasteiger partial charge in [-0.15, -0.1) is 0 Å². The average Bonchev–Trinajstić information content (AvgIpc) is 2.42. The minimum absolute atomic E-state index is 0.534. The summed E-state index contributed by atoms with van der Waals surface area (Å²) in [6.45, 7) is 5.05. The van der Waals surface area contributed by atoms with Gasteiger partial charge < -0.3 is 10.1 Å². The molecule has 0 aliphatic heterocycles. The summed E-state index contributed by atoms with van der Waals surface area (Å²) >= 11 is 0. The molecule has 1 fully saturated rings. The number of nitrogens with one attached hydrogen (secondary N) is 1. The molecule has 1 N–H and O–H groups in total. The van der Waals surface area contributed by atoms with Crippen LogP contribution in [0.15, 0.2) is 24.3 Å². The predicted molar refractivity (Wildman–Crippen MR) is 77.3 cm³/mol. The van der Waals surface area contributed by atoms with Crippen LogP contribution in [-0.4, -0.2) is 12.6 Å². The van der Waals surface area contributed by atoms with Crippen LogP contribution in [0.1, 0.15) is 46.0 Å². The van der Waals surface area contributed by atoms with E-state index in [-0.39, 0.29) is 0 Å². The summed E-state index contributed by atoms with van der Waals surface area (Å²) in [5.41, 5.74) is 1.14. The second kappa shape index (κ2) is 6.67. The Morgan fingerprint density at radius 3 is 2.67 bits per heavy atom. The van der Waals surface area contributed by atoms with Crippen molar-refractivity contribution in [1.82, 2.24) is 0 Å². The first kappa shape index (κ1) is 13.3. The highest BCUT2D eigenvalue weighted by atomic mass is 16.5. The van der Waals surface area contributed by atoms with E-state index in [9.17, 15) is 0 Å². The van der Waals surface area contributed by atoms with Gasteiger partial charge in [0.2, 0.25) is 0 Å². The molecule has 2 nitrogen and oxygen atoms in total. The van der Waals surface area contributed by atoms with Crippen molar-refractivity contribution < 1.29 is 4.74 Å². The van der Waals surface area contributed by atoms with Crippen LogP contribution in [0, 0.1) is 5.92 Å². The average molecular weight is 247 g/mol. The molecule has 1 saturated carbocycles. The van der Waals surface area contributed by atoms with Crippen molar-refractivity contribution in [2.24, 2.45) is 5.92 Å². The van der Waals surface area contributed by atoms with Crippen LogP contribution in [0.25, 0.3) is 0 Å². The lowest BCUT2D eigenvalue weighted by Gasteiger charge is -2.29. The summed E-state index contributed by atoms with van der Waals surface area (Å²) in [4.78, 5) is 0. The molecule has 1 aromatic rings. The Kier molecular flexibility index (Phi) is 4.91. The molecule has 100 valence electrons. The largest absolute Gasteiger partial charge is 0.492 e. The lowest BCUT2D eigenvalue weighted by molar-refractivity contribution is 0.324. The fourth-order valence-corrected chi connectivity index (χ4v) is 2.86. The van der Waals surface area contributed by atoms with Crippen LogP contribution in [0.3, 0.4) is 0 Å². The molecule has 2 heteroatoms. The SMILES string of the molecule is CCOc1ccccc1NC(C)C1CCCCC1. The van der Waals surface area contributed by atoms with Crippen molar-refractivity contribution in [2.75, 3.05) is 11.9 Å². The molecule has 0 heterocycles. The topological polar surface area (TPSA) is 21.3 Å². The van der Waals surface area contributed by atoms with Crippen LogP contribution in [0.5, 0.6) is 5.75 Å². The smallest absolute Gasteiger partial charge is 0.142 e. The lowest BCUT2D eigenvalue weighted by atomic mass is 9.84. The van der Waals surface area contributed by atoms with Gasteiger partial charge in [-0.25, -0.2) is 0 Å². The van der Waals surface area contributed by atoms with E-state index in [1.165, 1.54) is 32.1 Å². The zero-order valence-corrected chi connectivity index (χ0v) is 11.6. The first-order valence-electron chi connectivity index (χ1n) is 7.29. The van der Waals surface area contributed by atoms with Crippen LogP contribution in [0.2, 0.25) is 0 Å². The molecule has 0 bridgehead atoms. The van der Waals surface area contributed by atoms with Gasteiger partial charge in [0.1, 0.15) is 5.75 Å². The van der Waals surface area contributed by atoms with Crippen LogP contribution >= 0.6 is 0 Å². The van der Waals surface area contributed by atoms with E-state index < -0.39 is 0 Å². The number of benzene rings is 1. The number of hydrogen-bond acceptors (Lipinski definition) is 2. The van der Waals surface area contributed by atoms with Crippen LogP contribution < -0.4 is 10.1 Å². The number of hydrogen-bond donors (Lipinski definition) is 1. The molecule has 1 unspecified atom stereocenters. The van der Waals surface area contributed by atoms with Gasteiger partial charge in [0.15, 0.2) is 0 Å². The normalized spacial score (nSPS) is 18.3. The van der Waals surface area contributed by atoms with Crippen molar-refractivity contribution >= 4 is 5.69 Å². The van der Waals surface area contributed by atoms with Gasteiger partial charge in [-0.1, -0.05) is 31.4 Å². The minimum Gasteiger partial charge on any atom is -0.492 e. The quantitative estimate of drug-likeness (QED) is 0.829. The second-order valence-electron chi connectivity index (χ2n) is 5.26. The molecule has 0 aromatic heterocycles. The summed E-state index contributed by atoms with van der Waals surface area (Å²) in [6, 6.07) is 8.79. The van der Waals surface area contributed by atoms with Crippen molar-refractivity contribution in [3.63, 3.8) is 0 Å². The molecule has 2 rings (SSSR count). The maximum atomic E-state index is 5.66. The zero-order valence-electron chi connectivity index (χ0n) is 11.6. The van der Waals surface area contributed by atoms with Crippen molar-refractivity contribution in [3.8, 4) is 5.75 Å². The third-order valence-corrected chi connectivity index (χ3v) is 3.93. The maximum absolute atomic E-state index is 5.66. The van der Waals surface area contributed by atoms with Gasteiger partial charge in [0, 0.05) is 6.04 Å². The second-order valence-corrected chi connectivity index (χ2v) is 5.26. The molecular formula is C16H25NO. The fraction of sp³-hybridized carbons (Fsp3) is 0.625. The maximum Gasteiger partial charge on any atom is 0.142 e. The molecule has 1 aromatic carbocycles. The van der Waals surface area contributed by atoms with Crippen LogP contribution in [0.4, 0.5) is 5.69 Å². The van der Waals surface area contributed by atoms with Gasteiger partial charge in [-0.05, 0) is 44.7 Å². The number of anilines is 1. The summed E-state index contributed by atoms with van der Waals surface area (Å²) in [5.74, 6) is 1.79. The highest BCUT2D eigenvalue weighted by Gasteiger charge is 2.20. The predicted octanol–water partition coefficient (Wildman–Crippen LogP) is 4.47. The molecule has 0 amide bonds. The highest BCUT2D eigenvalue weighted by Crippen LogP contribution is 2.30. The zero-order chi connectivity index (χ0) is 12.8. The summed E-state index contributed by atoms with van der Waals surface area (Å²) in [7, 11) is 0. The van der Waals surface area contributed by atoms with E-state index in [0.29, 0.717) is 6.04 Å². The molecular weight excluding hydrogens is 222 g/mol. The van der Waals surface area contributed by atoms with Crippen molar-refractivity contribution in [2.45, 2.75) is 52.0 Å². The van der Waals surface area contributed by atoms with Gasteiger partial charge in [-0.3, -0.25) is 0 Å². The number of para-hydroxylation sites is 2. The molecule has 0 radical (unpaired) electrons. The third-order valence-electron chi connectivity index (χ3n) is 3.93. The summed E-state index contributed by atoms with van der Waals surface area (Å²) in [6.07, 6.45) is 6.93. The first-order valence-corrected chi connectivity index (χ1v) is 7.29. The standard InChI is InChI=1S/C16H25NO/c1-3-18-16-12-8-7-11-15(16)17-13(2)14-9-5-4-6-10-14/h7-8,11-14,17H,3-6,9-10H2,1-2H3. The molecule has 0 spiro atoms. The molecule has 1 atom stereocenters. The van der Waals surface area contributed by atoms with E-state index in [2.05, 4.69) is 24.4 Å². The Labute approximate surface area is 111 Å². The van der Waals surface area contributed by atoms with Gasteiger partial charge in [0.25, 0.3) is 0 Å². The molecule has 1 aliphatic carbocycles. The monoisotopic (exact) mass is 247 g/mol. The van der Waals surface area contributed by atoms with Gasteiger partial charge >= 0.3 is 0 Å². The number of rotatable bonds is 5. The van der Waals surface area contributed by atoms with Gasteiger partial charge in [0.05, 0.1) is 12.3 Å². The van der Waals surface area contributed by atoms with E-state index in [4.69, 9.17) is 4.74 Å². The summed E-state index contributed by atoms with van der Waals surface area (Å²) < 4.78 is 5.66. The summed E-state index contributed by atoms with van der Waals surface area (Å²) in [5, 5.41) is 3.64. The fourth-order valence-electron chi connectivity index (χ4n) is 2.86. The molecule has 1 aliphatic rings. The van der Waals surface area contributed by atoms with E-state index >= 15 is 0 Å². The van der Waals surface area contributed by atoms with E-state index in [1.54, 1.807) is 0 Å². The third kappa shape index (κ3) is 3.41. The Morgan fingerprint density at radius 1 is 1.22 bits per heavy atom. The van der Waals surface area contributed by atoms with Crippen molar-refractivity contribution in [1.29, 1.82) is 0 Å². The number of ether oxygens (including phenoxy) is 1. The van der Waals surface area contributed by atoms with E-state index in [1.807, 2.05) is 19.1 Å². The van der Waals surface area contributed by atoms with E-state index in [0.717, 1.165) is 24.0 Å². The molecule has 18 heavy (non-hydrogen) atoms. The Hall–Kier alpha value is -1.18. The Bertz CT molecular complexity index is 358. The Morgan fingerprint density at radius 2 is 1.94 bits per heavy atom. The van der Waals surface area contributed by atoms with Crippen molar-refractivity contribution in [3.05, 3.63) is 24.3 Å². The van der Waals surface area contributed by atoms with Gasteiger partial charge in [-0.2, -0.15) is 0 Å². The minimum atomic E-state index is 0.534. The lowest BCUT2D eigenvalue weighted by Crippen LogP contribution is -2.27.